The monoisotopic (exact) mass is 293 g/mol. The van der Waals surface area contributed by atoms with Gasteiger partial charge in [0.2, 0.25) is 0 Å². The Morgan fingerprint density at radius 1 is 1.55 bits per heavy atom. The number of benzene rings is 1. The van der Waals surface area contributed by atoms with E-state index < -0.39 is 0 Å². The van der Waals surface area contributed by atoms with Crippen LogP contribution in [0.25, 0.3) is 11.0 Å². The summed E-state index contributed by atoms with van der Waals surface area (Å²) in [5.41, 5.74) is 2.85. The van der Waals surface area contributed by atoms with Gasteiger partial charge in [0.05, 0.1) is 12.9 Å². The highest BCUT2D eigenvalue weighted by molar-refractivity contribution is 6.32. The lowest BCUT2D eigenvalue weighted by Gasteiger charge is -2.24. The zero-order valence-electron chi connectivity index (χ0n) is 11.5. The van der Waals surface area contributed by atoms with E-state index in [-0.39, 0.29) is 12.0 Å². The summed E-state index contributed by atoms with van der Waals surface area (Å²) in [7, 11) is 1.92. The van der Waals surface area contributed by atoms with Crippen molar-refractivity contribution in [3.8, 4) is 0 Å². The molecular formula is C15H16ClNO3. The van der Waals surface area contributed by atoms with Crippen molar-refractivity contribution in [1.29, 1.82) is 0 Å². The maximum absolute atomic E-state index is 12.1. The van der Waals surface area contributed by atoms with E-state index in [1.165, 1.54) is 0 Å². The summed E-state index contributed by atoms with van der Waals surface area (Å²) in [5.74, 6) is -0.204. The van der Waals surface area contributed by atoms with E-state index in [1.807, 2.05) is 31.0 Å². The molecule has 0 fully saturated rings. The lowest BCUT2D eigenvalue weighted by Crippen LogP contribution is -2.40. The van der Waals surface area contributed by atoms with Gasteiger partial charge in [0, 0.05) is 28.9 Å². The van der Waals surface area contributed by atoms with Crippen LogP contribution in [-0.2, 0) is 22.5 Å². The third kappa shape index (κ3) is 2.09. The molecule has 1 unspecified atom stereocenters. The Hall–Kier alpha value is -1.52. The standard InChI is InChI=1S/C15H16ClNO3/c1-3-19-15(18)12-6-10-11(16)4-5-13-14(10)9(8-20-13)7-17(12)2/h4-5,8,12H,3,6-7H2,1-2H3. The fourth-order valence-corrected chi connectivity index (χ4v) is 3.03. The number of carbonyl (C=O) groups excluding carboxylic acids is 1. The number of carbonyl (C=O) groups is 1. The molecule has 0 spiro atoms. The van der Waals surface area contributed by atoms with E-state index in [4.69, 9.17) is 20.8 Å². The number of ether oxygens (including phenoxy) is 1. The van der Waals surface area contributed by atoms with Gasteiger partial charge >= 0.3 is 5.97 Å². The molecule has 2 heterocycles. The normalized spacial score (nSPS) is 19.1. The van der Waals surface area contributed by atoms with Crippen molar-refractivity contribution >= 4 is 28.5 Å². The lowest BCUT2D eigenvalue weighted by molar-refractivity contribution is -0.149. The molecule has 1 aliphatic rings. The van der Waals surface area contributed by atoms with Gasteiger partial charge in [0.1, 0.15) is 11.6 Å². The number of hydrogen-bond donors (Lipinski definition) is 0. The van der Waals surface area contributed by atoms with Gasteiger partial charge in [0.25, 0.3) is 0 Å². The second-order valence-corrected chi connectivity index (χ2v) is 5.45. The maximum Gasteiger partial charge on any atom is 0.323 e. The number of likely N-dealkylation sites (N-methyl/N-ethyl adjacent to an activating group) is 1. The van der Waals surface area contributed by atoms with E-state index in [0.29, 0.717) is 24.6 Å². The van der Waals surface area contributed by atoms with Crippen LogP contribution in [0.15, 0.2) is 22.8 Å². The van der Waals surface area contributed by atoms with Crippen LogP contribution in [0.2, 0.25) is 5.02 Å². The smallest absolute Gasteiger partial charge is 0.323 e. The van der Waals surface area contributed by atoms with Crippen LogP contribution in [0.1, 0.15) is 18.1 Å². The highest BCUT2D eigenvalue weighted by Crippen LogP contribution is 2.35. The molecule has 1 aliphatic heterocycles. The Kier molecular flexibility index (Phi) is 3.44. The maximum atomic E-state index is 12.1. The molecule has 0 saturated heterocycles. The molecule has 0 aliphatic carbocycles. The molecule has 106 valence electrons. The van der Waals surface area contributed by atoms with E-state index >= 15 is 0 Å². The summed E-state index contributed by atoms with van der Waals surface area (Å²) in [4.78, 5) is 14.1. The molecule has 5 heteroatoms. The van der Waals surface area contributed by atoms with Crippen molar-refractivity contribution < 1.29 is 13.9 Å². The molecule has 1 atom stereocenters. The summed E-state index contributed by atoms with van der Waals surface area (Å²) in [6.45, 7) is 2.84. The largest absolute Gasteiger partial charge is 0.465 e. The van der Waals surface area contributed by atoms with E-state index in [2.05, 4.69) is 0 Å². The molecule has 0 N–H and O–H groups in total. The van der Waals surface area contributed by atoms with Gasteiger partial charge in [0.15, 0.2) is 0 Å². The second-order valence-electron chi connectivity index (χ2n) is 5.05. The Bertz CT molecular complexity index is 664. The molecule has 1 aromatic carbocycles. The third-order valence-electron chi connectivity index (χ3n) is 3.77. The zero-order chi connectivity index (χ0) is 14.3. The average molecular weight is 294 g/mol. The van der Waals surface area contributed by atoms with Crippen LogP contribution in [0.5, 0.6) is 0 Å². The van der Waals surface area contributed by atoms with Gasteiger partial charge in [-0.2, -0.15) is 0 Å². The summed E-state index contributed by atoms with van der Waals surface area (Å²) < 4.78 is 10.7. The minimum atomic E-state index is -0.314. The van der Waals surface area contributed by atoms with Gasteiger partial charge in [-0.3, -0.25) is 9.69 Å². The van der Waals surface area contributed by atoms with Crippen LogP contribution in [0, 0.1) is 0 Å². The van der Waals surface area contributed by atoms with Crippen LogP contribution in [0.4, 0.5) is 0 Å². The second kappa shape index (κ2) is 5.11. The van der Waals surface area contributed by atoms with Gasteiger partial charge in [-0.1, -0.05) is 11.6 Å². The van der Waals surface area contributed by atoms with Crippen molar-refractivity contribution in [3.63, 3.8) is 0 Å². The SMILES string of the molecule is CCOC(=O)C1Cc2c(Cl)ccc3occ(c23)CN1C. The number of furan rings is 1. The molecule has 0 amide bonds. The minimum Gasteiger partial charge on any atom is -0.465 e. The van der Waals surface area contributed by atoms with Crippen LogP contribution >= 0.6 is 11.6 Å². The first kappa shape index (κ1) is 13.5. The number of nitrogens with zero attached hydrogens (tertiary/aromatic N) is 1. The molecule has 0 saturated carbocycles. The number of esters is 1. The molecule has 0 radical (unpaired) electrons. The van der Waals surface area contributed by atoms with E-state index in [0.717, 1.165) is 22.1 Å². The van der Waals surface area contributed by atoms with Crippen molar-refractivity contribution in [2.24, 2.45) is 0 Å². The molecule has 20 heavy (non-hydrogen) atoms. The fourth-order valence-electron chi connectivity index (χ4n) is 2.79. The van der Waals surface area contributed by atoms with Crippen LogP contribution < -0.4 is 0 Å². The Balaban J connectivity index is 2.09. The first-order chi connectivity index (χ1) is 9.61. The van der Waals surface area contributed by atoms with Gasteiger partial charge < -0.3 is 9.15 Å². The highest BCUT2D eigenvalue weighted by atomic mass is 35.5. The van der Waals surface area contributed by atoms with Crippen molar-refractivity contribution in [2.45, 2.75) is 25.9 Å². The molecule has 2 aromatic rings. The summed E-state index contributed by atoms with van der Waals surface area (Å²) in [6, 6.07) is 3.38. The van der Waals surface area contributed by atoms with Crippen molar-refractivity contribution in [3.05, 3.63) is 34.5 Å². The predicted octanol–water partition coefficient (Wildman–Crippen LogP) is 3.01. The van der Waals surface area contributed by atoms with E-state index in [9.17, 15) is 4.79 Å². The van der Waals surface area contributed by atoms with Crippen LogP contribution in [-0.4, -0.2) is 30.6 Å². The van der Waals surface area contributed by atoms with Gasteiger partial charge in [-0.15, -0.1) is 0 Å². The number of halogens is 1. The number of hydrogen-bond acceptors (Lipinski definition) is 4. The first-order valence-corrected chi connectivity index (χ1v) is 7.04. The molecule has 0 bridgehead atoms. The lowest BCUT2D eigenvalue weighted by atomic mass is 10.0. The minimum absolute atomic E-state index is 0.204. The summed E-state index contributed by atoms with van der Waals surface area (Å²) in [6.07, 6.45) is 2.28. The average Bonchev–Trinajstić information content (AvgIpc) is 2.74. The van der Waals surface area contributed by atoms with Gasteiger partial charge in [-0.25, -0.2) is 0 Å². The first-order valence-electron chi connectivity index (χ1n) is 6.66. The molecule has 3 rings (SSSR count). The zero-order valence-corrected chi connectivity index (χ0v) is 12.2. The third-order valence-corrected chi connectivity index (χ3v) is 4.13. The Labute approximate surface area is 122 Å². The predicted molar refractivity (Wildman–Crippen MR) is 76.8 cm³/mol. The summed E-state index contributed by atoms with van der Waals surface area (Å²) in [5, 5.41) is 1.71. The number of rotatable bonds is 2. The molecular weight excluding hydrogens is 278 g/mol. The van der Waals surface area contributed by atoms with Crippen molar-refractivity contribution in [1.82, 2.24) is 4.90 Å². The molecule has 4 nitrogen and oxygen atoms in total. The fraction of sp³-hybridized carbons (Fsp3) is 0.400. The van der Waals surface area contributed by atoms with E-state index in [1.54, 1.807) is 6.26 Å². The molecule has 1 aromatic heterocycles. The quantitative estimate of drug-likeness (QED) is 0.798. The highest BCUT2D eigenvalue weighted by Gasteiger charge is 2.31. The van der Waals surface area contributed by atoms with Crippen molar-refractivity contribution in [2.75, 3.05) is 13.7 Å². The topological polar surface area (TPSA) is 42.7 Å². The van der Waals surface area contributed by atoms with Crippen LogP contribution in [0.3, 0.4) is 0 Å². The summed E-state index contributed by atoms with van der Waals surface area (Å²) >= 11 is 6.32. The van der Waals surface area contributed by atoms with Gasteiger partial charge in [-0.05, 0) is 31.7 Å². The Morgan fingerprint density at radius 2 is 2.35 bits per heavy atom. The Morgan fingerprint density at radius 3 is 3.10 bits per heavy atom.